The molecule has 1 amide bonds. The number of nitrogens with zero attached hydrogens (tertiary/aromatic N) is 1. The predicted molar refractivity (Wildman–Crippen MR) is 107 cm³/mol. The minimum absolute atomic E-state index is 0.162. The molecule has 1 aromatic carbocycles. The van der Waals surface area contributed by atoms with E-state index in [1.165, 1.54) is 10.4 Å². The lowest BCUT2D eigenvalue weighted by Gasteiger charge is -2.20. The largest absolute Gasteiger partial charge is 0.353 e. The number of amides is 1. The Bertz CT molecular complexity index is 990. The van der Waals surface area contributed by atoms with Gasteiger partial charge in [0.1, 0.15) is 16.4 Å². The van der Waals surface area contributed by atoms with Crippen molar-refractivity contribution >= 4 is 21.6 Å². The van der Waals surface area contributed by atoms with E-state index in [0.29, 0.717) is 35.6 Å². The molecule has 8 heteroatoms. The van der Waals surface area contributed by atoms with Crippen molar-refractivity contribution in [3.05, 3.63) is 46.5 Å². The summed E-state index contributed by atoms with van der Waals surface area (Å²) in [5.74, 6) is -0.914. The van der Waals surface area contributed by atoms with E-state index in [9.17, 15) is 17.6 Å². The zero-order valence-electron chi connectivity index (χ0n) is 16.4. The van der Waals surface area contributed by atoms with Crippen LogP contribution in [0, 0.1) is 26.6 Å². The molecule has 1 fully saturated rings. The SMILES string of the molecule is Cc1ccc(NC(=O)c2[nH]c(C)c(S(=O)(=O)N3CCCCCC3)c2C)cc1F. The zero-order valence-corrected chi connectivity index (χ0v) is 17.2. The quantitative estimate of drug-likeness (QED) is 0.806. The average Bonchev–Trinajstić information content (AvgIpc) is 2.80. The molecule has 152 valence electrons. The summed E-state index contributed by atoms with van der Waals surface area (Å²) < 4.78 is 41.6. The molecule has 0 spiro atoms. The van der Waals surface area contributed by atoms with Gasteiger partial charge < -0.3 is 10.3 Å². The Balaban J connectivity index is 1.90. The summed E-state index contributed by atoms with van der Waals surface area (Å²) in [7, 11) is -3.68. The van der Waals surface area contributed by atoms with Crippen LogP contribution in [0.5, 0.6) is 0 Å². The van der Waals surface area contributed by atoms with Crippen LogP contribution in [0.3, 0.4) is 0 Å². The van der Waals surface area contributed by atoms with Crippen LogP contribution in [0.15, 0.2) is 23.1 Å². The second-order valence-electron chi connectivity index (χ2n) is 7.32. The topological polar surface area (TPSA) is 82.3 Å². The number of carbonyl (C=O) groups excluding carboxylic acids is 1. The molecule has 0 saturated carbocycles. The van der Waals surface area contributed by atoms with Crippen LogP contribution < -0.4 is 5.32 Å². The minimum atomic E-state index is -3.68. The third-order valence-corrected chi connectivity index (χ3v) is 7.36. The van der Waals surface area contributed by atoms with Crippen LogP contribution in [0.4, 0.5) is 10.1 Å². The lowest BCUT2D eigenvalue weighted by atomic mass is 10.2. The van der Waals surface area contributed by atoms with Gasteiger partial charge in [-0.15, -0.1) is 0 Å². The molecule has 0 aliphatic carbocycles. The summed E-state index contributed by atoms with van der Waals surface area (Å²) in [6, 6.07) is 4.43. The molecule has 28 heavy (non-hydrogen) atoms. The van der Waals surface area contributed by atoms with E-state index < -0.39 is 21.7 Å². The van der Waals surface area contributed by atoms with Gasteiger partial charge in [-0.2, -0.15) is 4.31 Å². The lowest BCUT2D eigenvalue weighted by Crippen LogP contribution is -2.32. The first kappa shape index (κ1) is 20.5. The van der Waals surface area contributed by atoms with E-state index in [1.54, 1.807) is 32.9 Å². The predicted octanol–water partition coefficient (Wildman–Crippen LogP) is 3.90. The second kappa shape index (κ2) is 8.05. The maximum atomic E-state index is 13.7. The van der Waals surface area contributed by atoms with Gasteiger partial charge in [-0.05, 0) is 56.9 Å². The number of anilines is 1. The highest BCUT2D eigenvalue weighted by Gasteiger charge is 2.32. The highest BCUT2D eigenvalue weighted by molar-refractivity contribution is 7.89. The Kier molecular flexibility index (Phi) is 5.90. The molecule has 1 aromatic heterocycles. The Hall–Kier alpha value is -2.19. The maximum absolute atomic E-state index is 13.7. The van der Waals surface area contributed by atoms with Crippen LogP contribution in [0.25, 0.3) is 0 Å². The molecular formula is C20H26FN3O3S. The standard InChI is InChI=1S/C20H26FN3O3S/c1-13-8-9-16(12-17(13)21)23-20(25)18-14(2)19(15(3)22-18)28(26,27)24-10-6-4-5-7-11-24/h8-9,12,22H,4-7,10-11H2,1-3H3,(H,23,25). The number of benzene rings is 1. The Morgan fingerprint density at radius 3 is 2.36 bits per heavy atom. The Morgan fingerprint density at radius 1 is 1.11 bits per heavy atom. The van der Waals surface area contributed by atoms with Gasteiger partial charge in [0.05, 0.1) is 0 Å². The smallest absolute Gasteiger partial charge is 0.272 e. The number of nitrogens with one attached hydrogen (secondary N) is 2. The highest BCUT2D eigenvalue weighted by atomic mass is 32.2. The molecule has 3 rings (SSSR count). The molecule has 0 unspecified atom stereocenters. The van der Waals surface area contributed by atoms with Crippen molar-refractivity contribution in [1.29, 1.82) is 0 Å². The zero-order chi connectivity index (χ0) is 20.5. The Morgan fingerprint density at radius 2 is 1.75 bits per heavy atom. The fourth-order valence-electron chi connectivity index (χ4n) is 3.62. The van der Waals surface area contributed by atoms with E-state index in [2.05, 4.69) is 10.3 Å². The molecule has 0 radical (unpaired) electrons. The molecule has 0 atom stereocenters. The second-order valence-corrected chi connectivity index (χ2v) is 9.19. The maximum Gasteiger partial charge on any atom is 0.272 e. The molecule has 2 aromatic rings. The van der Waals surface area contributed by atoms with E-state index in [1.807, 2.05) is 0 Å². The number of aromatic amines is 1. The Labute approximate surface area is 165 Å². The molecule has 6 nitrogen and oxygen atoms in total. The van der Waals surface area contributed by atoms with Crippen LogP contribution in [-0.4, -0.2) is 36.7 Å². The number of aromatic nitrogens is 1. The van der Waals surface area contributed by atoms with Crippen LogP contribution in [-0.2, 0) is 10.0 Å². The third kappa shape index (κ3) is 3.98. The summed E-state index contributed by atoms with van der Waals surface area (Å²) in [5, 5.41) is 2.63. The van der Waals surface area contributed by atoms with E-state index >= 15 is 0 Å². The number of hydrogen-bond acceptors (Lipinski definition) is 3. The van der Waals surface area contributed by atoms with E-state index in [4.69, 9.17) is 0 Å². The highest BCUT2D eigenvalue weighted by Crippen LogP contribution is 2.28. The number of H-pyrrole nitrogens is 1. The normalized spacial score (nSPS) is 16.0. The number of carbonyl (C=O) groups is 1. The van der Waals surface area contributed by atoms with Crippen molar-refractivity contribution in [3.63, 3.8) is 0 Å². The van der Waals surface area contributed by atoms with Crippen LogP contribution >= 0.6 is 0 Å². The minimum Gasteiger partial charge on any atom is -0.353 e. The van der Waals surface area contributed by atoms with E-state index in [0.717, 1.165) is 25.7 Å². The number of halogens is 1. The van der Waals surface area contributed by atoms with Crippen LogP contribution in [0.1, 0.15) is 53.0 Å². The van der Waals surface area contributed by atoms with Crippen molar-refractivity contribution in [2.24, 2.45) is 0 Å². The monoisotopic (exact) mass is 407 g/mol. The van der Waals surface area contributed by atoms with E-state index in [-0.39, 0.29) is 10.6 Å². The first-order chi connectivity index (χ1) is 13.2. The molecule has 1 aliphatic rings. The third-order valence-electron chi connectivity index (χ3n) is 5.19. The summed E-state index contributed by atoms with van der Waals surface area (Å²) in [4.78, 5) is 15.8. The number of aryl methyl sites for hydroxylation is 2. The number of hydrogen-bond donors (Lipinski definition) is 2. The lowest BCUT2D eigenvalue weighted by molar-refractivity contribution is 0.102. The average molecular weight is 408 g/mol. The van der Waals surface area contributed by atoms with Crippen molar-refractivity contribution in [3.8, 4) is 0 Å². The van der Waals surface area contributed by atoms with Crippen molar-refractivity contribution in [1.82, 2.24) is 9.29 Å². The van der Waals surface area contributed by atoms with Gasteiger partial charge in [-0.3, -0.25) is 4.79 Å². The summed E-state index contributed by atoms with van der Waals surface area (Å²) >= 11 is 0. The van der Waals surface area contributed by atoms with Crippen LogP contribution in [0.2, 0.25) is 0 Å². The first-order valence-electron chi connectivity index (χ1n) is 9.48. The molecule has 1 aliphatic heterocycles. The molecule has 0 bridgehead atoms. The van der Waals surface area contributed by atoms with Gasteiger partial charge in [-0.25, -0.2) is 12.8 Å². The molecular weight excluding hydrogens is 381 g/mol. The van der Waals surface area contributed by atoms with Crippen molar-refractivity contribution in [2.45, 2.75) is 51.3 Å². The van der Waals surface area contributed by atoms with Gasteiger partial charge in [0.25, 0.3) is 5.91 Å². The first-order valence-corrected chi connectivity index (χ1v) is 10.9. The van der Waals surface area contributed by atoms with Gasteiger partial charge >= 0.3 is 0 Å². The summed E-state index contributed by atoms with van der Waals surface area (Å²) in [6.45, 7) is 5.91. The number of sulfonamides is 1. The van der Waals surface area contributed by atoms with Crippen molar-refractivity contribution in [2.75, 3.05) is 18.4 Å². The summed E-state index contributed by atoms with van der Waals surface area (Å²) in [6.07, 6.45) is 3.73. The van der Waals surface area contributed by atoms with Gasteiger partial charge in [0.15, 0.2) is 0 Å². The number of rotatable bonds is 4. The fraction of sp³-hybridized carbons (Fsp3) is 0.450. The molecule has 2 N–H and O–H groups in total. The van der Waals surface area contributed by atoms with Gasteiger partial charge in [-0.1, -0.05) is 18.9 Å². The molecule has 2 heterocycles. The van der Waals surface area contributed by atoms with Crippen molar-refractivity contribution < 1.29 is 17.6 Å². The molecule has 1 saturated heterocycles. The summed E-state index contributed by atoms with van der Waals surface area (Å²) in [5.41, 5.74) is 1.79. The van der Waals surface area contributed by atoms with Gasteiger partial charge in [0.2, 0.25) is 10.0 Å². The van der Waals surface area contributed by atoms with Gasteiger partial charge in [0, 0.05) is 24.5 Å². The fourth-order valence-corrected chi connectivity index (χ4v) is 5.55.